The third-order valence-electron chi connectivity index (χ3n) is 4.52. The summed E-state index contributed by atoms with van der Waals surface area (Å²) in [5.41, 5.74) is 1.53. The Morgan fingerprint density at radius 1 is 1.13 bits per heavy atom. The van der Waals surface area contributed by atoms with E-state index in [-0.39, 0.29) is 6.10 Å². The molecule has 1 fully saturated rings. The first kappa shape index (κ1) is 15.8. The van der Waals surface area contributed by atoms with Gasteiger partial charge in [0, 0.05) is 18.2 Å². The molecular formula is C17H23N3O3. The number of fused-ring (bicyclic) bond motifs is 1. The molecule has 0 amide bonds. The first-order chi connectivity index (χ1) is 11.1. The van der Waals surface area contributed by atoms with Crippen molar-refractivity contribution in [3.63, 3.8) is 0 Å². The summed E-state index contributed by atoms with van der Waals surface area (Å²) in [7, 11) is 3.21. The van der Waals surface area contributed by atoms with Crippen LogP contribution in [0.4, 0.5) is 5.82 Å². The van der Waals surface area contributed by atoms with E-state index in [2.05, 4.69) is 22.2 Å². The van der Waals surface area contributed by atoms with Crippen LogP contribution in [-0.2, 0) is 0 Å². The van der Waals surface area contributed by atoms with Gasteiger partial charge in [0.2, 0.25) is 0 Å². The number of methoxy groups -OCH3 is 2. The van der Waals surface area contributed by atoms with E-state index in [9.17, 15) is 5.11 Å². The summed E-state index contributed by atoms with van der Waals surface area (Å²) in [5, 5.41) is 13.3. The van der Waals surface area contributed by atoms with Crippen molar-refractivity contribution in [3.8, 4) is 11.5 Å². The molecule has 6 nitrogen and oxygen atoms in total. The molecule has 1 aliphatic rings. The van der Waals surface area contributed by atoms with Gasteiger partial charge in [-0.25, -0.2) is 4.98 Å². The molecule has 1 aliphatic carbocycles. The van der Waals surface area contributed by atoms with Crippen molar-refractivity contribution >= 4 is 16.9 Å². The SMILES string of the molecule is COc1cc2ncc(NC3CC[C@H](O)C(C)C3)nc2cc1OC. The summed E-state index contributed by atoms with van der Waals surface area (Å²) in [5.74, 6) is 2.34. The lowest BCUT2D eigenvalue weighted by Gasteiger charge is -2.31. The average molecular weight is 317 g/mol. The normalized spacial score (nSPS) is 24.4. The van der Waals surface area contributed by atoms with Crippen molar-refractivity contribution in [1.82, 2.24) is 9.97 Å². The number of aliphatic hydroxyl groups is 1. The molecule has 3 atom stereocenters. The fourth-order valence-corrected chi connectivity index (χ4v) is 3.13. The lowest BCUT2D eigenvalue weighted by Crippen LogP contribution is -2.34. The summed E-state index contributed by atoms with van der Waals surface area (Å²) in [4.78, 5) is 9.08. The molecule has 0 radical (unpaired) electrons. The minimum Gasteiger partial charge on any atom is -0.493 e. The Morgan fingerprint density at radius 2 is 1.83 bits per heavy atom. The van der Waals surface area contributed by atoms with Crippen molar-refractivity contribution in [2.75, 3.05) is 19.5 Å². The predicted molar refractivity (Wildman–Crippen MR) is 89.1 cm³/mol. The van der Waals surface area contributed by atoms with Crippen LogP contribution in [0.5, 0.6) is 11.5 Å². The third kappa shape index (κ3) is 3.32. The number of hydrogen-bond acceptors (Lipinski definition) is 6. The highest BCUT2D eigenvalue weighted by molar-refractivity contribution is 5.80. The first-order valence-electron chi connectivity index (χ1n) is 7.94. The van der Waals surface area contributed by atoms with Crippen LogP contribution >= 0.6 is 0 Å². The topological polar surface area (TPSA) is 76.5 Å². The molecule has 124 valence electrons. The highest BCUT2D eigenvalue weighted by Gasteiger charge is 2.26. The van der Waals surface area contributed by atoms with Crippen LogP contribution in [0, 0.1) is 5.92 Å². The van der Waals surface area contributed by atoms with E-state index < -0.39 is 0 Å². The fourth-order valence-electron chi connectivity index (χ4n) is 3.13. The van der Waals surface area contributed by atoms with Crippen molar-refractivity contribution in [2.45, 2.75) is 38.3 Å². The van der Waals surface area contributed by atoms with Gasteiger partial charge in [-0.2, -0.15) is 0 Å². The summed E-state index contributed by atoms with van der Waals surface area (Å²) < 4.78 is 10.6. The molecule has 1 heterocycles. The Balaban J connectivity index is 1.82. The van der Waals surface area contributed by atoms with Crippen LogP contribution in [0.25, 0.3) is 11.0 Å². The summed E-state index contributed by atoms with van der Waals surface area (Å²) in [6.45, 7) is 2.09. The molecule has 1 aromatic heterocycles. The molecule has 3 rings (SSSR count). The number of nitrogens with one attached hydrogen (secondary N) is 1. The number of anilines is 1. The van der Waals surface area contributed by atoms with Crippen molar-refractivity contribution in [3.05, 3.63) is 18.3 Å². The number of ether oxygens (including phenoxy) is 2. The van der Waals surface area contributed by atoms with Crippen molar-refractivity contribution in [1.29, 1.82) is 0 Å². The van der Waals surface area contributed by atoms with Gasteiger partial charge in [0.25, 0.3) is 0 Å². The molecule has 1 aromatic carbocycles. The number of aromatic nitrogens is 2. The lowest BCUT2D eigenvalue weighted by atomic mass is 9.84. The molecule has 6 heteroatoms. The number of benzene rings is 1. The van der Waals surface area contributed by atoms with Crippen molar-refractivity contribution in [2.24, 2.45) is 5.92 Å². The maximum atomic E-state index is 9.83. The number of rotatable bonds is 4. The van der Waals surface area contributed by atoms with Gasteiger partial charge < -0.3 is 19.9 Å². The van der Waals surface area contributed by atoms with Crippen molar-refractivity contribution < 1.29 is 14.6 Å². The summed E-state index contributed by atoms with van der Waals surface area (Å²) in [6.07, 6.45) is 4.26. The predicted octanol–water partition coefficient (Wildman–Crippen LogP) is 2.61. The van der Waals surface area contributed by atoms with E-state index in [1.807, 2.05) is 12.1 Å². The number of nitrogens with zero attached hydrogens (tertiary/aromatic N) is 2. The standard InChI is InChI=1S/C17H23N3O3/c1-10-6-11(4-5-14(10)21)19-17-9-18-12-7-15(22-2)16(23-3)8-13(12)20-17/h7-11,14,21H,4-6H2,1-3H3,(H,19,20)/t10?,11?,14-/m0/s1. The summed E-state index contributed by atoms with van der Waals surface area (Å²) in [6, 6.07) is 3.98. The molecule has 0 bridgehead atoms. The minimum atomic E-state index is -0.188. The maximum Gasteiger partial charge on any atom is 0.163 e. The second-order valence-electron chi connectivity index (χ2n) is 6.15. The number of hydrogen-bond donors (Lipinski definition) is 2. The zero-order chi connectivity index (χ0) is 16.4. The lowest BCUT2D eigenvalue weighted by molar-refractivity contribution is 0.0748. The van der Waals surface area contributed by atoms with E-state index in [0.717, 1.165) is 36.1 Å². The van der Waals surface area contributed by atoms with Gasteiger partial charge in [0.1, 0.15) is 5.82 Å². The third-order valence-corrected chi connectivity index (χ3v) is 4.52. The minimum absolute atomic E-state index is 0.188. The van der Waals surface area contributed by atoms with Crippen LogP contribution in [0.2, 0.25) is 0 Å². The highest BCUT2D eigenvalue weighted by atomic mass is 16.5. The van der Waals surface area contributed by atoms with Gasteiger partial charge >= 0.3 is 0 Å². The molecule has 2 aromatic rings. The fraction of sp³-hybridized carbons (Fsp3) is 0.529. The molecule has 2 unspecified atom stereocenters. The Hall–Kier alpha value is -2.08. The van der Waals surface area contributed by atoms with Gasteiger partial charge in [-0.3, -0.25) is 4.98 Å². The largest absolute Gasteiger partial charge is 0.493 e. The average Bonchev–Trinajstić information content (AvgIpc) is 2.56. The monoisotopic (exact) mass is 317 g/mol. The van der Waals surface area contributed by atoms with Crippen LogP contribution in [-0.4, -0.2) is 41.4 Å². The van der Waals surface area contributed by atoms with E-state index >= 15 is 0 Å². The molecular weight excluding hydrogens is 294 g/mol. The van der Waals surface area contributed by atoms with Crippen LogP contribution in [0.1, 0.15) is 26.2 Å². The molecule has 0 aliphatic heterocycles. The van der Waals surface area contributed by atoms with E-state index in [4.69, 9.17) is 9.47 Å². The first-order valence-corrected chi connectivity index (χ1v) is 7.94. The van der Waals surface area contributed by atoms with Gasteiger partial charge in [-0.15, -0.1) is 0 Å². The summed E-state index contributed by atoms with van der Waals surface area (Å²) >= 11 is 0. The maximum absolute atomic E-state index is 9.83. The Morgan fingerprint density at radius 3 is 2.48 bits per heavy atom. The van der Waals surface area contributed by atoms with Gasteiger partial charge in [0.05, 0.1) is 37.6 Å². The van der Waals surface area contributed by atoms with Gasteiger partial charge in [-0.05, 0) is 25.2 Å². The quantitative estimate of drug-likeness (QED) is 0.903. The Bertz CT molecular complexity index is 692. The second-order valence-corrected chi connectivity index (χ2v) is 6.15. The van der Waals surface area contributed by atoms with Crippen LogP contribution in [0.3, 0.4) is 0 Å². The van der Waals surface area contributed by atoms with Crippen LogP contribution < -0.4 is 14.8 Å². The van der Waals surface area contributed by atoms with E-state index in [1.54, 1.807) is 20.4 Å². The molecule has 23 heavy (non-hydrogen) atoms. The van der Waals surface area contributed by atoms with Gasteiger partial charge in [0.15, 0.2) is 11.5 Å². The molecule has 1 saturated carbocycles. The molecule has 0 spiro atoms. The molecule has 2 N–H and O–H groups in total. The zero-order valence-corrected chi connectivity index (χ0v) is 13.7. The molecule has 0 saturated heterocycles. The zero-order valence-electron chi connectivity index (χ0n) is 13.7. The number of aliphatic hydroxyl groups excluding tert-OH is 1. The Kier molecular flexibility index (Phi) is 4.52. The highest BCUT2D eigenvalue weighted by Crippen LogP contribution is 2.31. The second kappa shape index (κ2) is 6.58. The van der Waals surface area contributed by atoms with E-state index in [1.165, 1.54) is 0 Å². The van der Waals surface area contributed by atoms with Crippen LogP contribution in [0.15, 0.2) is 18.3 Å². The smallest absolute Gasteiger partial charge is 0.163 e. The van der Waals surface area contributed by atoms with Gasteiger partial charge in [-0.1, -0.05) is 6.92 Å². The van der Waals surface area contributed by atoms with E-state index in [0.29, 0.717) is 23.5 Å². The Labute approximate surface area is 135 Å².